The summed E-state index contributed by atoms with van der Waals surface area (Å²) in [6.07, 6.45) is 0. The summed E-state index contributed by atoms with van der Waals surface area (Å²) in [4.78, 5) is 12.3. The molecule has 3 rings (SSSR count). The van der Waals surface area contributed by atoms with E-state index in [1.807, 2.05) is 12.1 Å². The number of nitrogens with zero attached hydrogens (tertiary/aromatic N) is 2. The van der Waals surface area contributed by atoms with E-state index in [9.17, 15) is 13.6 Å². The molecule has 3 aromatic rings. The van der Waals surface area contributed by atoms with Gasteiger partial charge in [-0.3, -0.25) is 4.79 Å². The van der Waals surface area contributed by atoms with Crippen LogP contribution in [0.25, 0.3) is 11.1 Å². The lowest BCUT2D eigenvalue weighted by atomic mass is 10.0. The molecule has 28 heavy (non-hydrogen) atoms. The maximum Gasteiger partial charge on any atom is 0.200 e. The highest BCUT2D eigenvalue weighted by Gasteiger charge is 2.13. The molecule has 0 aliphatic rings. The molecule has 0 radical (unpaired) electrons. The monoisotopic (exact) mass is 374 g/mol. The van der Waals surface area contributed by atoms with Crippen LogP contribution in [0.5, 0.6) is 5.75 Å². The first-order valence-electron chi connectivity index (χ1n) is 8.17. The fourth-order valence-electron chi connectivity index (χ4n) is 2.57. The van der Waals surface area contributed by atoms with Gasteiger partial charge >= 0.3 is 0 Å². The lowest BCUT2D eigenvalue weighted by Crippen LogP contribution is -2.12. The van der Waals surface area contributed by atoms with Crippen LogP contribution in [0.15, 0.2) is 60.7 Å². The van der Waals surface area contributed by atoms with Crippen LogP contribution in [-0.2, 0) is 0 Å². The van der Waals surface area contributed by atoms with E-state index in [0.717, 1.165) is 12.1 Å². The zero-order chi connectivity index (χ0) is 20.1. The summed E-state index contributed by atoms with van der Waals surface area (Å²) in [6, 6.07) is 17.9. The van der Waals surface area contributed by atoms with Gasteiger partial charge in [0.05, 0.1) is 23.3 Å². The first-order valence-corrected chi connectivity index (χ1v) is 8.17. The minimum atomic E-state index is -1.03. The minimum Gasteiger partial charge on any atom is -0.485 e. The van der Waals surface area contributed by atoms with Crippen molar-refractivity contribution in [1.82, 2.24) is 0 Å². The summed E-state index contributed by atoms with van der Waals surface area (Å²) in [6.45, 7) is -0.297. The number of ketones is 1. The molecule has 0 fully saturated rings. The number of benzene rings is 3. The Morgan fingerprint density at radius 2 is 1.54 bits per heavy atom. The Morgan fingerprint density at radius 3 is 2.18 bits per heavy atom. The molecular weight excluding hydrogens is 362 g/mol. The van der Waals surface area contributed by atoms with Crippen molar-refractivity contribution in [3.63, 3.8) is 0 Å². The zero-order valence-electron chi connectivity index (χ0n) is 14.4. The SMILES string of the molecule is N#Cc1ccc(C(=O)COc2ccc(C#N)cc2-c2ccc(F)c(F)c2)cc1. The molecule has 0 aromatic heterocycles. The first kappa shape index (κ1) is 18.8. The number of hydrogen-bond donors (Lipinski definition) is 0. The number of carbonyl (C=O) groups is 1. The van der Waals surface area contributed by atoms with Crippen molar-refractivity contribution in [3.8, 4) is 29.0 Å². The number of rotatable bonds is 5. The lowest BCUT2D eigenvalue weighted by molar-refractivity contribution is 0.0922. The van der Waals surface area contributed by atoms with Crippen molar-refractivity contribution in [2.45, 2.75) is 0 Å². The number of halogens is 2. The van der Waals surface area contributed by atoms with Gasteiger partial charge in [-0.2, -0.15) is 10.5 Å². The molecule has 0 amide bonds. The molecule has 0 atom stereocenters. The second kappa shape index (κ2) is 8.11. The van der Waals surface area contributed by atoms with Gasteiger partial charge in [-0.25, -0.2) is 8.78 Å². The normalized spacial score (nSPS) is 10.0. The van der Waals surface area contributed by atoms with Crippen LogP contribution in [0.4, 0.5) is 8.78 Å². The Kier molecular flexibility index (Phi) is 5.43. The standard InChI is InChI=1S/C22H12F2N2O2/c23-19-7-6-17(10-20(19)24)18-9-15(12-26)3-8-22(18)28-13-21(27)16-4-1-14(11-25)2-5-16/h1-10H,13H2. The van der Waals surface area contributed by atoms with E-state index >= 15 is 0 Å². The fourth-order valence-corrected chi connectivity index (χ4v) is 2.57. The van der Waals surface area contributed by atoms with Gasteiger partial charge in [-0.1, -0.05) is 6.07 Å². The van der Waals surface area contributed by atoms with Gasteiger partial charge in [-0.05, 0) is 60.2 Å². The molecule has 0 aliphatic carbocycles. The third kappa shape index (κ3) is 4.03. The number of ether oxygens (including phenoxy) is 1. The van der Waals surface area contributed by atoms with Crippen LogP contribution in [0.1, 0.15) is 21.5 Å². The van der Waals surface area contributed by atoms with Crippen LogP contribution >= 0.6 is 0 Å². The molecule has 0 saturated carbocycles. The van der Waals surface area contributed by atoms with Crippen molar-refractivity contribution in [2.75, 3.05) is 6.61 Å². The second-order valence-electron chi connectivity index (χ2n) is 5.85. The molecule has 3 aromatic carbocycles. The molecule has 0 saturated heterocycles. The van der Waals surface area contributed by atoms with Gasteiger partial charge in [0.15, 0.2) is 24.0 Å². The van der Waals surface area contributed by atoms with E-state index in [1.54, 1.807) is 0 Å². The molecule has 0 aliphatic heterocycles. The summed E-state index contributed by atoms with van der Waals surface area (Å²) in [5.41, 5.74) is 1.81. The minimum absolute atomic E-state index is 0.256. The number of nitriles is 2. The number of hydrogen-bond acceptors (Lipinski definition) is 4. The van der Waals surface area contributed by atoms with Crippen molar-refractivity contribution >= 4 is 5.78 Å². The maximum absolute atomic E-state index is 13.6. The Balaban J connectivity index is 1.87. The van der Waals surface area contributed by atoms with Gasteiger partial charge in [0.25, 0.3) is 0 Å². The molecular formula is C22H12F2N2O2. The van der Waals surface area contributed by atoms with Crippen LogP contribution in [0, 0.1) is 34.3 Å². The Labute approximate surface area is 159 Å². The van der Waals surface area contributed by atoms with Crippen molar-refractivity contribution in [3.05, 3.63) is 89.0 Å². The summed E-state index contributed by atoms with van der Waals surface area (Å²) in [5.74, 6) is -2.07. The molecule has 0 bridgehead atoms. The Bertz CT molecular complexity index is 1130. The maximum atomic E-state index is 13.6. The Morgan fingerprint density at radius 1 is 0.857 bits per heavy atom. The van der Waals surface area contributed by atoms with Crippen LogP contribution in [-0.4, -0.2) is 12.4 Å². The largest absolute Gasteiger partial charge is 0.485 e. The quantitative estimate of drug-likeness (QED) is 0.610. The van der Waals surface area contributed by atoms with E-state index in [-0.39, 0.29) is 18.1 Å². The van der Waals surface area contributed by atoms with E-state index in [4.69, 9.17) is 15.3 Å². The molecule has 0 heterocycles. The fraction of sp³-hybridized carbons (Fsp3) is 0.0455. The summed E-state index contributed by atoms with van der Waals surface area (Å²) in [7, 11) is 0. The highest BCUT2D eigenvalue weighted by Crippen LogP contribution is 2.32. The highest BCUT2D eigenvalue weighted by molar-refractivity contribution is 5.97. The lowest BCUT2D eigenvalue weighted by Gasteiger charge is -2.12. The van der Waals surface area contributed by atoms with Gasteiger partial charge < -0.3 is 4.74 Å². The predicted octanol–water partition coefficient (Wildman–Crippen LogP) is 4.64. The average Bonchev–Trinajstić information content (AvgIpc) is 2.74. The van der Waals surface area contributed by atoms with Gasteiger partial charge in [0.2, 0.25) is 0 Å². The van der Waals surface area contributed by atoms with Crippen molar-refractivity contribution < 1.29 is 18.3 Å². The van der Waals surface area contributed by atoms with Gasteiger partial charge in [-0.15, -0.1) is 0 Å². The van der Waals surface area contributed by atoms with E-state index < -0.39 is 11.6 Å². The molecule has 0 unspecified atom stereocenters. The predicted molar refractivity (Wildman–Crippen MR) is 97.5 cm³/mol. The highest BCUT2D eigenvalue weighted by atomic mass is 19.2. The number of carbonyl (C=O) groups excluding carboxylic acids is 1. The Hall–Kier alpha value is -4.03. The van der Waals surface area contributed by atoms with Crippen LogP contribution < -0.4 is 4.74 Å². The van der Waals surface area contributed by atoms with Gasteiger partial charge in [0.1, 0.15) is 5.75 Å². The van der Waals surface area contributed by atoms with Crippen molar-refractivity contribution in [2.24, 2.45) is 0 Å². The molecule has 0 N–H and O–H groups in total. The molecule has 0 spiro atoms. The third-order valence-corrected chi connectivity index (χ3v) is 4.03. The number of Topliss-reactive ketones (excluding diaryl/α,β-unsaturated/α-hetero) is 1. The summed E-state index contributed by atoms with van der Waals surface area (Å²) >= 11 is 0. The van der Waals surface area contributed by atoms with Crippen LogP contribution in [0.3, 0.4) is 0 Å². The zero-order valence-corrected chi connectivity index (χ0v) is 14.4. The van der Waals surface area contributed by atoms with E-state index in [2.05, 4.69) is 0 Å². The molecule has 136 valence electrons. The molecule has 4 nitrogen and oxygen atoms in total. The van der Waals surface area contributed by atoms with Crippen LogP contribution in [0.2, 0.25) is 0 Å². The first-order chi connectivity index (χ1) is 13.5. The topological polar surface area (TPSA) is 73.9 Å². The summed E-state index contributed by atoms with van der Waals surface area (Å²) < 4.78 is 32.4. The van der Waals surface area contributed by atoms with Crippen molar-refractivity contribution in [1.29, 1.82) is 10.5 Å². The second-order valence-corrected chi connectivity index (χ2v) is 5.85. The van der Waals surface area contributed by atoms with Gasteiger partial charge in [0, 0.05) is 11.1 Å². The molecule has 6 heteroatoms. The average molecular weight is 374 g/mol. The third-order valence-electron chi connectivity index (χ3n) is 4.03. The smallest absolute Gasteiger partial charge is 0.200 e. The van der Waals surface area contributed by atoms with E-state index in [0.29, 0.717) is 27.8 Å². The van der Waals surface area contributed by atoms with E-state index in [1.165, 1.54) is 48.5 Å². The summed E-state index contributed by atoms with van der Waals surface area (Å²) in [5, 5.41) is 17.9.